The molecule has 31 heavy (non-hydrogen) atoms. The summed E-state index contributed by atoms with van der Waals surface area (Å²) in [5.74, 6) is 1.19. The van der Waals surface area contributed by atoms with E-state index in [0.717, 1.165) is 16.9 Å². The summed E-state index contributed by atoms with van der Waals surface area (Å²) in [6.07, 6.45) is 1.28. The molecule has 1 N–H and O–H groups in total. The Morgan fingerprint density at radius 2 is 1.94 bits per heavy atom. The third-order valence-corrected chi connectivity index (χ3v) is 9.31. The van der Waals surface area contributed by atoms with Gasteiger partial charge in [-0.05, 0) is 43.0 Å². The zero-order valence-corrected chi connectivity index (χ0v) is 20.1. The molecule has 0 aliphatic carbocycles. The smallest absolute Gasteiger partial charge is 0.252 e. The summed E-state index contributed by atoms with van der Waals surface area (Å²) in [4.78, 5) is 12.7. The van der Waals surface area contributed by atoms with E-state index in [1.807, 2.05) is 19.1 Å². The van der Waals surface area contributed by atoms with Gasteiger partial charge in [-0.1, -0.05) is 18.5 Å². The van der Waals surface area contributed by atoms with Gasteiger partial charge in [0.05, 0.1) is 18.6 Å². The van der Waals surface area contributed by atoms with Gasteiger partial charge in [0.2, 0.25) is 5.91 Å². The molecule has 0 bridgehead atoms. The van der Waals surface area contributed by atoms with Crippen LogP contribution in [0.4, 0.5) is 0 Å². The lowest BCUT2D eigenvalue weighted by Crippen LogP contribution is -2.42. The van der Waals surface area contributed by atoms with Crippen molar-refractivity contribution in [2.45, 2.75) is 30.5 Å². The number of benzene rings is 1. The first-order valence-electron chi connectivity index (χ1n) is 10.0. The van der Waals surface area contributed by atoms with Gasteiger partial charge in [-0.2, -0.15) is 4.31 Å². The fraction of sp³-hybridized carbons (Fsp3) is 0.476. The lowest BCUT2D eigenvalue weighted by Gasteiger charge is -2.33. The quantitative estimate of drug-likeness (QED) is 0.614. The number of piperidine rings is 1. The van der Waals surface area contributed by atoms with Crippen LogP contribution in [0.1, 0.15) is 25.3 Å². The van der Waals surface area contributed by atoms with E-state index >= 15 is 0 Å². The molecule has 10 heteroatoms. The van der Waals surface area contributed by atoms with Crippen molar-refractivity contribution in [2.75, 3.05) is 27.3 Å². The highest BCUT2D eigenvalue weighted by Crippen LogP contribution is 2.32. The van der Waals surface area contributed by atoms with Crippen LogP contribution in [0.5, 0.6) is 11.5 Å². The van der Waals surface area contributed by atoms with Gasteiger partial charge in [0.1, 0.15) is 15.7 Å². The predicted molar refractivity (Wildman–Crippen MR) is 121 cm³/mol. The van der Waals surface area contributed by atoms with Crippen molar-refractivity contribution in [2.24, 2.45) is 11.8 Å². The number of methoxy groups -OCH3 is 2. The number of hydrogen-bond acceptors (Lipinski definition) is 6. The van der Waals surface area contributed by atoms with E-state index in [2.05, 4.69) is 5.32 Å². The topological polar surface area (TPSA) is 84.9 Å². The highest BCUT2D eigenvalue weighted by atomic mass is 35.5. The number of amides is 1. The van der Waals surface area contributed by atoms with Gasteiger partial charge in [-0.15, -0.1) is 11.3 Å². The standard InChI is InChI=1S/C21H27ClN2O5S2/c1-14(21(25)23-13-16-4-5-17(28-2)12-18(16)29-3)15-8-10-24(11-9-15)31(26,27)20-7-6-19(22)30-20/h4-7,12,14-15H,8-11,13H2,1-3H3,(H,23,25). The summed E-state index contributed by atoms with van der Waals surface area (Å²) in [5, 5.41) is 2.97. The van der Waals surface area contributed by atoms with Crippen molar-refractivity contribution in [3.8, 4) is 11.5 Å². The molecule has 1 saturated heterocycles. The first-order chi connectivity index (χ1) is 14.8. The average Bonchev–Trinajstić information content (AvgIpc) is 3.24. The lowest BCUT2D eigenvalue weighted by atomic mass is 9.85. The lowest BCUT2D eigenvalue weighted by molar-refractivity contribution is -0.126. The predicted octanol–water partition coefficient (Wildman–Crippen LogP) is 3.77. The molecular formula is C21H27ClN2O5S2. The SMILES string of the molecule is COc1ccc(CNC(=O)C(C)C2CCN(S(=O)(=O)c3ccc(Cl)s3)CC2)c(OC)c1. The fourth-order valence-electron chi connectivity index (χ4n) is 3.74. The monoisotopic (exact) mass is 486 g/mol. The van der Waals surface area contributed by atoms with E-state index in [1.165, 1.54) is 10.4 Å². The Labute approximate surface area is 192 Å². The van der Waals surface area contributed by atoms with Gasteiger partial charge >= 0.3 is 0 Å². The molecule has 1 unspecified atom stereocenters. The maximum Gasteiger partial charge on any atom is 0.252 e. The molecule has 7 nitrogen and oxygen atoms in total. The van der Waals surface area contributed by atoms with E-state index in [-0.39, 0.29) is 22.0 Å². The normalized spacial score (nSPS) is 16.6. The number of halogens is 1. The Kier molecular flexibility index (Phi) is 7.85. The minimum atomic E-state index is -3.53. The Morgan fingerprint density at radius 3 is 2.52 bits per heavy atom. The summed E-state index contributed by atoms with van der Waals surface area (Å²) in [6.45, 7) is 3.04. The fourth-order valence-corrected chi connectivity index (χ4v) is 6.84. The molecular weight excluding hydrogens is 460 g/mol. The van der Waals surface area contributed by atoms with Gasteiger partial charge in [0.25, 0.3) is 10.0 Å². The molecule has 0 radical (unpaired) electrons. The third kappa shape index (κ3) is 5.52. The van der Waals surface area contributed by atoms with Crippen molar-refractivity contribution in [3.05, 3.63) is 40.2 Å². The second kappa shape index (κ2) is 10.2. The summed E-state index contributed by atoms with van der Waals surface area (Å²) < 4.78 is 38.3. The Morgan fingerprint density at radius 1 is 1.23 bits per heavy atom. The van der Waals surface area contributed by atoms with Crippen LogP contribution in [0, 0.1) is 11.8 Å². The summed E-state index contributed by atoms with van der Waals surface area (Å²) in [5.41, 5.74) is 0.861. The van der Waals surface area contributed by atoms with E-state index < -0.39 is 10.0 Å². The number of carbonyl (C=O) groups is 1. The van der Waals surface area contributed by atoms with E-state index in [9.17, 15) is 13.2 Å². The Bertz CT molecular complexity index is 1020. The summed E-state index contributed by atoms with van der Waals surface area (Å²) in [6, 6.07) is 8.60. The number of rotatable bonds is 8. The molecule has 1 atom stereocenters. The number of sulfonamides is 1. The van der Waals surface area contributed by atoms with Crippen molar-refractivity contribution >= 4 is 38.9 Å². The molecule has 2 aromatic rings. The molecule has 1 amide bonds. The van der Waals surface area contributed by atoms with Crippen LogP contribution in [0.15, 0.2) is 34.5 Å². The van der Waals surface area contributed by atoms with Crippen LogP contribution in [-0.4, -0.2) is 45.9 Å². The second-order valence-corrected chi connectivity index (χ2v) is 11.4. The van der Waals surface area contributed by atoms with Gasteiger partial charge in [0.15, 0.2) is 0 Å². The van der Waals surface area contributed by atoms with E-state index in [4.69, 9.17) is 21.1 Å². The maximum absolute atomic E-state index is 12.8. The molecule has 1 aliphatic heterocycles. The van der Waals surface area contributed by atoms with Crippen LogP contribution < -0.4 is 14.8 Å². The number of nitrogens with zero attached hydrogens (tertiary/aromatic N) is 1. The van der Waals surface area contributed by atoms with Crippen LogP contribution in [0.3, 0.4) is 0 Å². The van der Waals surface area contributed by atoms with Gasteiger partial charge in [0, 0.05) is 37.2 Å². The van der Waals surface area contributed by atoms with E-state index in [0.29, 0.717) is 48.3 Å². The second-order valence-electron chi connectivity index (χ2n) is 7.48. The molecule has 1 aromatic heterocycles. The van der Waals surface area contributed by atoms with E-state index in [1.54, 1.807) is 26.4 Å². The van der Waals surface area contributed by atoms with Crippen molar-refractivity contribution in [1.82, 2.24) is 9.62 Å². The van der Waals surface area contributed by atoms with Gasteiger partial charge in [-0.25, -0.2) is 8.42 Å². The highest BCUT2D eigenvalue weighted by Gasteiger charge is 2.34. The molecule has 3 rings (SSSR count). The molecule has 1 aliphatic rings. The number of ether oxygens (including phenoxy) is 2. The minimum Gasteiger partial charge on any atom is -0.497 e. The summed E-state index contributed by atoms with van der Waals surface area (Å²) in [7, 11) is -0.362. The molecule has 1 aromatic carbocycles. The molecule has 0 saturated carbocycles. The Hall–Kier alpha value is -1.81. The van der Waals surface area contributed by atoms with Crippen LogP contribution in [0.25, 0.3) is 0 Å². The van der Waals surface area contributed by atoms with Crippen LogP contribution >= 0.6 is 22.9 Å². The van der Waals surface area contributed by atoms with Gasteiger partial charge < -0.3 is 14.8 Å². The van der Waals surface area contributed by atoms with Crippen molar-refractivity contribution < 1.29 is 22.7 Å². The van der Waals surface area contributed by atoms with Gasteiger partial charge in [-0.3, -0.25) is 4.79 Å². The maximum atomic E-state index is 12.8. The largest absolute Gasteiger partial charge is 0.497 e. The van der Waals surface area contributed by atoms with Crippen molar-refractivity contribution in [3.63, 3.8) is 0 Å². The molecule has 1 fully saturated rings. The highest BCUT2D eigenvalue weighted by molar-refractivity contribution is 7.91. The van der Waals surface area contributed by atoms with Crippen LogP contribution in [0.2, 0.25) is 4.34 Å². The third-order valence-electron chi connectivity index (χ3n) is 5.71. The minimum absolute atomic E-state index is 0.0517. The number of thiophene rings is 1. The molecule has 2 heterocycles. The first kappa shape index (κ1) is 23.8. The zero-order valence-electron chi connectivity index (χ0n) is 17.8. The number of nitrogens with one attached hydrogen (secondary N) is 1. The molecule has 0 spiro atoms. The number of carbonyl (C=O) groups excluding carboxylic acids is 1. The Balaban J connectivity index is 1.54. The summed E-state index contributed by atoms with van der Waals surface area (Å²) >= 11 is 6.95. The average molecular weight is 487 g/mol. The number of hydrogen-bond donors (Lipinski definition) is 1. The molecule has 170 valence electrons. The zero-order chi connectivity index (χ0) is 22.6. The first-order valence-corrected chi connectivity index (χ1v) is 12.6. The van der Waals surface area contributed by atoms with Crippen LogP contribution in [-0.2, 0) is 21.4 Å². The van der Waals surface area contributed by atoms with Crippen molar-refractivity contribution in [1.29, 1.82) is 0 Å².